The molecule has 1 aromatic heterocycles. The number of likely N-dealkylation sites (N-methyl/N-ethyl adjacent to an activating group) is 1. The summed E-state index contributed by atoms with van der Waals surface area (Å²) in [5, 5.41) is 1.55. The molecule has 6 heteroatoms. The number of hydrogen-bond donors (Lipinski definition) is 1. The van der Waals surface area contributed by atoms with E-state index in [1.54, 1.807) is 6.07 Å². The monoisotopic (exact) mass is 400 g/mol. The topological polar surface area (TPSA) is 53.1 Å². The maximum atomic E-state index is 12.0. The molecule has 1 unspecified atom stereocenters. The van der Waals surface area contributed by atoms with Crippen LogP contribution in [0.15, 0.2) is 51.7 Å². The summed E-state index contributed by atoms with van der Waals surface area (Å²) in [6, 6.07) is 13.0. The molecule has 0 radical (unpaired) electrons. The summed E-state index contributed by atoms with van der Waals surface area (Å²) < 4.78 is 17.3. The fourth-order valence-corrected chi connectivity index (χ4v) is 3.75. The molecule has 4 rings (SSSR count). The zero-order valence-corrected chi connectivity index (χ0v) is 16.7. The highest BCUT2D eigenvalue weighted by Gasteiger charge is 2.25. The van der Waals surface area contributed by atoms with Gasteiger partial charge in [0.25, 0.3) is 0 Å². The molecule has 0 aliphatic carbocycles. The Labute approximate surface area is 168 Å². The molecule has 2 atom stereocenters. The molecule has 0 saturated heterocycles. The first-order valence-corrected chi connectivity index (χ1v) is 9.86. The Balaban J connectivity index is 1.56. The highest BCUT2D eigenvalue weighted by molar-refractivity contribution is 6.32. The number of fused-ring (bicyclic) bond motifs is 2. The van der Waals surface area contributed by atoms with Crippen LogP contribution in [0.1, 0.15) is 18.1 Å². The van der Waals surface area contributed by atoms with E-state index in [1.165, 1.54) is 4.90 Å². The molecule has 0 fully saturated rings. The van der Waals surface area contributed by atoms with E-state index in [4.69, 9.17) is 25.5 Å². The van der Waals surface area contributed by atoms with Crippen LogP contribution in [0.4, 0.5) is 0 Å². The summed E-state index contributed by atoms with van der Waals surface area (Å²) in [5.41, 5.74) is 2.06. The van der Waals surface area contributed by atoms with Crippen molar-refractivity contribution in [2.75, 3.05) is 19.7 Å². The zero-order chi connectivity index (χ0) is 19.7. The molecule has 0 saturated carbocycles. The Morgan fingerprint density at radius 3 is 2.75 bits per heavy atom. The maximum Gasteiger partial charge on any atom is 0.336 e. The fraction of sp³-hybridized carbons (Fsp3) is 0.318. The number of quaternary nitrogens is 1. The van der Waals surface area contributed by atoms with E-state index in [9.17, 15) is 4.79 Å². The van der Waals surface area contributed by atoms with Gasteiger partial charge in [-0.3, -0.25) is 0 Å². The van der Waals surface area contributed by atoms with E-state index in [0.29, 0.717) is 23.8 Å². The summed E-state index contributed by atoms with van der Waals surface area (Å²) in [6.45, 7) is 6.88. The molecule has 2 heterocycles. The minimum absolute atomic E-state index is 0.0398. The van der Waals surface area contributed by atoms with Crippen molar-refractivity contribution in [2.45, 2.75) is 26.5 Å². The molecule has 146 valence electrons. The van der Waals surface area contributed by atoms with Crippen molar-refractivity contribution < 1.29 is 18.8 Å². The number of hydrogen-bond acceptors (Lipinski definition) is 4. The van der Waals surface area contributed by atoms with Gasteiger partial charge in [0.15, 0.2) is 17.6 Å². The van der Waals surface area contributed by atoms with Crippen LogP contribution in [0.3, 0.4) is 0 Å². The quantitative estimate of drug-likeness (QED) is 0.669. The van der Waals surface area contributed by atoms with Gasteiger partial charge in [0, 0.05) is 22.0 Å². The largest absolute Gasteiger partial charge is 0.486 e. The molecule has 28 heavy (non-hydrogen) atoms. The van der Waals surface area contributed by atoms with E-state index in [2.05, 4.69) is 6.92 Å². The standard InChI is InChI=1S/C22H22ClNO4/c1-3-24(12-16-13-26-19-6-4-5-7-20(19)27-16)11-15-9-22(25)28-21-8-14(2)18(23)10-17(15)21/h4-10,16H,3,11-13H2,1-2H3/p+1/t16-/m1/s1. The molecular formula is C22H23ClNO4+. The lowest BCUT2D eigenvalue weighted by Crippen LogP contribution is -3.11. The van der Waals surface area contributed by atoms with Gasteiger partial charge in [0.1, 0.15) is 25.3 Å². The van der Waals surface area contributed by atoms with E-state index in [1.807, 2.05) is 43.3 Å². The average Bonchev–Trinajstić information content (AvgIpc) is 2.68. The van der Waals surface area contributed by atoms with Crippen molar-refractivity contribution in [3.8, 4) is 11.5 Å². The Hall–Kier alpha value is -2.50. The molecule has 1 aliphatic rings. The molecule has 0 amide bonds. The number of ether oxygens (including phenoxy) is 2. The van der Waals surface area contributed by atoms with Gasteiger partial charge in [-0.1, -0.05) is 23.7 Å². The highest BCUT2D eigenvalue weighted by atomic mass is 35.5. The van der Waals surface area contributed by atoms with E-state index in [-0.39, 0.29) is 11.7 Å². The molecular weight excluding hydrogens is 378 g/mol. The molecule has 5 nitrogen and oxygen atoms in total. The van der Waals surface area contributed by atoms with Crippen LogP contribution in [-0.2, 0) is 6.54 Å². The Morgan fingerprint density at radius 1 is 1.18 bits per heavy atom. The van der Waals surface area contributed by atoms with Gasteiger partial charge < -0.3 is 18.8 Å². The lowest BCUT2D eigenvalue weighted by atomic mass is 10.1. The predicted octanol–water partition coefficient (Wildman–Crippen LogP) is 3.00. The first-order valence-electron chi connectivity index (χ1n) is 9.48. The van der Waals surface area contributed by atoms with E-state index < -0.39 is 0 Å². The lowest BCUT2D eigenvalue weighted by Gasteiger charge is -2.29. The minimum Gasteiger partial charge on any atom is -0.486 e. The van der Waals surface area contributed by atoms with Crippen LogP contribution in [-0.4, -0.2) is 25.8 Å². The molecule has 0 bridgehead atoms. The van der Waals surface area contributed by atoms with Gasteiger partial charge in [0.2, 0.25) is 0 Å². The van der Waals surface area contributed by atoms with Crippen LogP contribution in [0.25, 0.3) is 11.0 Å². The second-order valence-electron chi connectivity index (χ2n) is 7.17. The van der Waals surface area contributed by atoms with Crippen LogP contribution in [0, 0.1) is 6.92 Å². The highest BCUT2D eigenvalue weighted by Crippen LogP contribution is 2.30. The van der Waals surface area contributed by atoms with Gasteiger partial charge in [0.05, 0.1) is 6.54 Å². The van der Waals surface area contributed by atoms with Crippen LogP contribution >= 0.6 is 11.6 Å². The summed E-state index contributed by atoms with van der Waals surface area (Å²) in [4.78, 5) is 13.3. The number of benzene rings is 2. The van der Waals surface area contributed by atoms with Gasteiger partial charge in [-0.05, 0) is 43.7 Å². The molecule has 2 aromatic carbocycles. The van der Waals surface area contributed by atoms with Crippen LogP contribution < -0.4 is 20.0 Å². The lowest BCUT2D eigenvalue weighted by molar-refractivity contribution is -0.914. The number of para-hydroxylation sites is 2. The Morgan fingerprint density at radius 2 is 1.96 bits per heavy atom. The zero-order valence-electron chi connectivity index (χ0n) is 16.0. The van der Waals surface area contributed by atoms with Crippen molar-refractivity contribution in [1.82, 2.24) is 0 Å². The number of halogens is 1. The molecule has 0 spiro atoms. The smallest absolute Gasteiger partial charge is 0.336 e. The number of rotatable bonds is 5. The molecule has 1 N–H and O–H groups in total. The normalized spacial score (nSPS) is 16.9. The van der Waals surface area contributed by atoms with Crippen molar-refractivity contribution in [3.63, 3.8) is 0 Å². The second kappa shape index (κ2) is 7.86. The minimum atomic E-state index is -0.342. The third kappa shape index (κ3) is 3.86. The summed E-state index contributed by atoms with van der Waals surface area (Å²) >= 11 is 6.31. The Bertz CT molecular complexity index is 1060. The SMILES string of the molecule is CC[NH+](Cc1cc(=O)oc2cc(C)c(Cl)cc12)C[C@@H]1COc2ccccc2O1. The third-order valence-electron chi connectivity index (χ3n) is 5.13. The van der Waals surface area contributed by atoms with Gasteiger partial charge in [-0.2, -0.15) is 0 Å². The van der Waals surface area contributed by atoms with E-state index in [0.717, 1.165) is 41.1 Å². The predicted molar refractivity (Wildman–Crippen MR) is 109 cm³/mol. The van der Waals surface area contributed by atoms with E-state index >= 15 is 0 Å². The first-order chi connectivity index (χ1) is 13.5. The molecule has 3 aromatic rings. The van der Waals surface area contributed by atoms with Gasteiger partial charge in [-0.15, -0.1) is 0 Å². The van der Waals surface area contributed by atoms with Gasteiger partial charge >= 0.3 is 5.63 Å². The second-order valence-corrected chi connectivity index (χ2v) is 7.58. The van der Waals surface area contributed by atoms with Crippen molar-refractivity contribution in [3.05, 3.63) is 69.0 Å². The Kier molecular flexibility index (Phi) is 5.29. The number of aryl methyl sites for hydroxylation is 1. The van der Waals surface area contributed by atoms with Crippen molar-refractivity contribution in [1.29, 1.82) is 0 Å². The van der Waals surface area contributed by atoms with Gasteiger partial charge in [-0.25, -0.2) is 4.79 Å². The first kappa shape index (κ1) is 18.8. The van der Waals surface area contributed by atoms with Crippen molar-refractivity contribution >= 4 is 22.6 Å². The fourth-order valence-electron chi connectivity index (χ4n) is 3.59. The number of nitrogens with one attached hydrogen (secondary N) is 1. The summed E-state index contributed by atoms with van der Waals surface area (Å²) in [6.07, 6.45) is -0.0398. The van der Waals surface area contributed by atoms with Crippen LogP contribution in [0.2, 0.25) is 5.02 Å². The maximum absolute atomic E-state index is 12.0. The third-order valence-corrected chi connectivity index (χ3v) is 5.54. The molecule has 1 aliphatic heterocycles. The average molecular weight is 401 g/mol. The van der Waals surface area contributed by atoms with Crippen LogP contribution in [0.5, 0.6) is 11.5 Å². The summed E-state index contributed by atoms with van der Waals surface area (Å²) in [5.74, 6) is 1.57. The van der Waals surface area contributed by atoms with Crippen molar-refractivity contribution in [2.24, 2.45) is 0 Å². The summed E-state index contributed by atoms with van der Waals surface area (Å²) in [7, 11) is 0.